The van der Waals surface area contributed by atoms with Gasteiger partial charge in [0.05, 0.1) is 6.54 Å². The normalized spacial score (nSPS) is 19.9. The van der Waals surface area contributed by atoms with Gasteiger partial charge in [-0.2, -0.15) is 0 Å². The molecule has 0 aliphatic carbocycles. The molecule has 2 aliphatic heterocycles. The molecule has 134 valence electrons. The number of aliphatic hydroxyl groups excluding tert-OH is 1. The van der Waals surface area contributed by atoms with Crippen molar-refractivity contribution in [1.29, 1.82) is 0 Å². The van der Waals surface area contributed by atoms with Gasteiger partial charge in [-0.25, -0.2) is 4.79 Å². The number of carbonyl (C=O) groups excluding carboxylic acids is 3. The van der Waals surface area contributed by atoms with Crippen LogP contribution in [0.1, 0.15) is 11.1 Å². The van der Waals surface area contributed by atoms with Gasteiger partial charge in [-0.05, 0) is 36.1 Å². The molecule has 1 atom stereocenters. The number of nitrogens with zero attached hydrogens (tertiary/aromatic N) is 2. The van der Waals surface area contributed by atoms with Crippen LogP contribution in [0.15, 0.2) is 18.2 Å². The molecule has 2 aliphatic rings. The first kappa shape index (κ1) is 17.2. The Labute approximate surface area is 145 Å². The minimum Gasteiger partial charge on any atom is -0.434 e. The third-order valence-corrected chi connectivity index (χ3v) is 4.64. The van der Waals surface area contributed by atoms with Crippen LogP contribution in [0.2, 0.25) is 0 Å². The molecule has 2 N–H and O–H groups in total. The number of cyclic esters (lactones) is 1. The molecule has 25 heavy (non-hydrogen) atoms. The highest BCUT2D eigenvalue weighted by Crippen LogP contribution is 2.26. The summed E-state index contributed by atoms with van der Waals surface area (Å²) in [6.45, 7) is 0.784. The summed E-state index contributed by atoms with van der Waals surface area (Å²) in [5, 5.41) is 11.5. The Balaban J connectivity index is 1.77. The third kappa shape index (κ3) is 3.43. The number of amides is 3. The van der Waals surface area contributed by atoms with E-state index < -0.39 is 18.8 Å². The van der Waals surface area contributed by atoms with E-state index in [1.807, 2.05) is 18.2 Å². The van der Waals surface area contributed by atoms with E-state index in [1.54, 1.807) is 4.90 Å². The summed E-state index contributed by atoms with van der Waals surface area (Å²) in [4.78, 5) is 38.5. The number of benzene rings is 1. The zero-order valence-corrected chi connectivity index (χ0v) is 14.0. The van der Waals surface area contributed by atoms with Crippen LogP contribution in [0.3, 0.4) is 0 Å². The molecule has 0 unspecified atom stereocenters. The van der Waals surface area contributed by atoms with Gasteiger partial charge in [-0.1, -0.05) is 6.07 Å². The van der Waals surface area contributed by atoms with E-state index in [-0.39, 0.29) is 18.4 Å². The maximum absolute atomic E-state index is 12.1. The van der Waals surface area contributed by atoms with Crippen molar-refractivity contribution < 1.29 is 24.2 Å². The summed E-state index contributed by atoms with van der Waals surface area (Å²) >= 11 is 0. The molecular formula is C17H21N3O5. The second kappa shape index (κ2) is 7.10. The molecule has 1 saturated heterocycles. The summed E-state index contributed by atoms with van der Waals surface area (Å²) in [7, 11) is 1.50. The van der Waals surface area contributed by atoms with E-state index in [0.717, 1.165) is 11.1 Å². The van der Waals surface area contributed by atoms with Crippen molar-refractivity contribution in [2.45, 2.75) is 18.9 Å². The number of hydrogen-bond donors (Lipinski definition) is 2. The Bertz CT molecular complexity index is 706. The predicted molar refractivity (Wildman–Crippen MR) is 89.2 cm³/mol. The topological polar surface area (TPSA) is 99.2 Å². The van der Waals surface area contributed by atoms with Crippen molar-refractivity contribution in [3.63, 3.8) is 0 Å². The number of anilines is 1. The highest BCUT2D eigenvalue weighted by molar-refractivity contribution is 5.95. The van der Waals surface area contributed by atoms with E-state index >= 15 is 0 Å². The van der Waals surface area contributed by atoms with Gasteiger partial charge in [0.2, 0.25) is 5.91 Å². The lowest BCUT2D eigenvalue weighted by Crippen LogP contribution is -2.35. The minimum absolute atomic E-state index is 0.173. The molecule has 3 rings (SSSR count). The van der Waals surface area contributed by atoms with E-state index in [9.17, 15) is 14.4 Å². The molecule has 0 spiro atoms. The highest BCUT2D eigenvalue weighted by Gasteiger charge is 2.36. The van der Waals surface area contributed by atoms with Crippen molar-refractivity contribution in [1.82, 2.24) is 10.2 Å². The summed E-state index contributed by atoms with van der Waals surface area (Å²) in [6, 6.07) is 5.68. The van der Waals surface area contributed by atoms with E-state index in [0.29, 0.717) is 31.6 Å². The molecule has 0 radical (unpaired) electrons. The number of hydrogen-bond acceptors (Lipinski definition) is 5. The molecule has 1 aromatic rings. The van der Waals surface area contributed by atoms with E-state index in [1.165, 1.54) is 11.9 Å². The number of likely N-dealkylation sites (N-methyl/N-ethyl adjacent to an activating group) is 1. The molecule has 2 heterocycles. The molecule has 8 nitrogen and oxygen atoms in total. The minimum atomic E-state index is -0.811. The van der Waals surface area contributed by atoms with Gasteiger partial charge in [0, 0.05) is 25.8 Å². The van der Waals surface area contributed by atoms with Crippen molar-refractivity contribution in [2.24, 2.45) is 0 Å². The van der Waals surface area contributed by atoms with Crippen LogP contribution < -0.4 is 10.2 Å². The van der Waals surface area contributed by atoms with Crippen LogP contribution in [0.5, 0.6) is 0 Å². The molecule has 0 saturated carbocycles. The summed E-state index contributed by atoms with van der Waals surface area (Å²) in [6.07, 6.45) is -0.00295. The smallest absolute Gasteiger partial charge is 0.415 e. The Kier molecular flexibility index (Phi) is 4.89. The quantitative estimate of drug-likeness (QED) is 0.781. The van der Waals surface area contributed by atoms with E-state index in [4.69, 9.17) is 9.84 Å². The van der Waals surface area contributed by atoms with Crippen LogP contribution in [-0.2, 0) is 27.2 Å². The Morgan fingerprint density at radius 3 is 2.68 bits per heavy atom. The molecule has 1 fully saturated rings. The van der Waals surface area contributed by atoms with Crippen LogP contribution >= 0.6 is 0 Å². The molecular weight excluding hydrogens is 326 g/mol. The van der Waals surface area contributed by atoms with Gasteiger partial charge in [0.1, 0.15) is 6.61 Å². The average molecular weight is 347 g/mol. The fourth-order valence-corrected chi connectivity index (χ4v) is 3.20. The van der Waals surface area contributed by atoms with Gasteiger partial charge >= 0.3 is 6.09 Å². The number of aliphatic hydroxyl groups is 1. The van der Waals surface area contributed by atoms with Gasteiger partial charge in [0.15, 0.2) is 6.10 Å². The van der Waals surface area contributed by atoms with Crippen LogP contribution in [0, 0.1) is 0 Å². The maximum Gasteiger partial charge on any atom is 0.415 e. The first-order valence-electron chi connectivity index (χ1n) is 8.23. The number of nitrogens with one attached hydrogen (secondary N) is 1. The standard InChI is InChI=1S/C17H21N3O5/c1-18-16(23)14-9-20(17(24)25-14)13-3-2-11-4-6-19(15(22)10-21)7-5-12(11)8-13/h2-3,8,14,21H,4-7,9-10H2,1H3,(H,18,23)/t14-/m1/s1. The van der Waals surface area contributed by atoms with E-state index in [2.05, 4.69) is 5.32 Å². The number of carbonyl (C=O) groups is 3. The second-order valence-electron chi connectivity index (χ2n) is 6.09. The van der Waals surface area contributed by atoms with Crippen molar-refractivity contribution in [3.8, 4) is 0 Å². The van der Waals surface area contributed by atoms with Crippen molar-refractivity contribution in [2.75, 3.05) is 38.2 Å². The lowest BCUT2D eigenvalue weighted by atomic mass is 10.0. The van der Waals surface area contributed by atoms with Gasteiger partial charge < -0.3 is 20.1 Å². The monoisotopic (exact) mass is 347 g/mol. The first-order valence-corrected chi connectivity index (χ1v) is 8.23. The lowest BCUT2D eigenvalue weighted by molar-refractivity contribution is -0.134. The fourth-order valence-electron chi connectivity index (χ4n) is 3.20. The van der Waals surface area contributed by atoms with Gasteiger partial charge in [-0.3, -0.25) is 14.5 Å². The largest absolute Gasteiger partial charge is 0.434 e. The lowest BCUT2D eigenvalue weighted by Gasteiger charge is -2.18. The summed E-state index contributed by atoms with van der Waals surface area (Å²) in [5.74, 6) is -0.603. The number of rotatable bonds is 3. The first-order chi connectivity index (χ1) is 12.0. The zero-order valence-electron chi connectivity index (χ0n) is 14.0. The Morgan fingerprint density at radius 2 is 2.00 bits per heavy atom. The Hall–Kier alpha value is -2.61. The average Bonchev–Trinajstić information content (AvgIpc) is 2.89. The van der Waals surface area contributed by atoms with Crippen LogP contribution in [0.4, 0.5) is 10.5 Å². The summed E-state index contributed by atoms with van der Waals surface area (Å²) < 4.78 is 5.11. The SMILES string of the molecule is CNC(=O)[C@H]1CN(c2ccc3c(c2)CCN(C(=O)CO)CC3)C(=O)O1. The fraction of sp³-hybridized carbons (Fsp3) is 0.471. The summed E-state index contributed by atoms with van der Waals surface area (Å²) in [5.41, 5.74) is 2.85. The zero-order chi connectivity index (χ0) is 18.0. The third-order valence-electron chi connectivity index (χ3n) is 4.64. The van der Waals surface area contributed by atoms with Crippen LogP contribution in [-0.4, -0.2) is 67.3 Å². The molecule has 1 aromatic carbocycles. The molecule has 8 heteroatoms. The van der Waals surface area contributed by atoms with Crippen LogP contribution in [0.25, 0.3) is 0 Å². The number of ether oxygens (including phenoxy) is 1. The second-order valence-corrected chi connectivity index (χ2v) is 6.09. The van der Waals surface area contributed by atoms with Crippen molar-refractivity contribution >= 4 is 23.6 Å². The highest BCUT2D eigenvalue weighted by atomic mass is 16.6. The molecule has 0 aromatic heterocycles. The molecule has 0 bridgehead atoms. The van der Waals surface area contributed by atoms with Crippen molar-refractivity contribution in [3.05, 3.63) is 29.3 Å². The molecule has 3 amide bonds. The Morgan fingerprint density at radius 1 is 1.28 bits per heavy atom. The maximum atomic E-state index is 12.1. The van der Waals surface area contributed by atoms with Gasteiger partial charge in [-0.15, -0.1) is 0 Å². The number of fused-ring (bicyclic) bond motifs is 1. The predicted octanol–water partition coefficient (Wildman–Crippen LogP) is -0.323. The van der Waals surface area contributed by atoms with Gasteiger partial charge in [0.25, 0.3) is 5.91 Å².